The summed E-state index contributed by atoms with van der Waals surface area (Å²) in [5.74, 6) is 4.56. The normalized spacial score (nSPS) is 11.1. The topological polar surface area (TPSA) is 0 Å². The molecule has 0 aromatic heterocycles. The van der Waals surface area contributed by atoms with Crippen LogP contribution in [-0.4, -0.2) is 27.6 Å². The van der Waals surface area contributed by atoms with Crippen molar-refractivity contribution in [1.82, 2.24) is 0 Å². The van der Waals surface area contributed by atoms with Crippen LogP contribution in [0, 0.1) is 0 Å². The average Bonchev–Trinajstić information content (AvgIpc) is 2.16. The summed E-state index contributed by atoms with van der Waals surface area (Å²) in [5.41, 5.74) is 0. The summed E-state index contributed by atoms with van der Waals surface area (Å²) in [4.78, 5) is 0. The molecule has 0 rings (SSSR count). The zero-order chi connectivity index (χ0) is 9.94. The molecule has 4 heteroatoms. The fraction of sp³-hybridized carbons (Fsp3) is 1.00. The molecule has 0 unspecified atom stereocenters. The van der Waals surface area contributed by atoms with Crippen LogP contribution < -0.4 is 0 Å². The van der Waals surface area contributed by atoms with Crippen LogP contribution in [0.3, 0.4) is 0 Å². The molecule has 0 N–H and O–H groups in total. The third kappa shape index (κ3) is 9.70. The van der Waals surface area contributed by atoms with E-state index < -0.39 is 0 Å². The Morgan fingerprint density at radius 1 is 1.00 bits per heavy atom. The van der Waals surface area contributed by atoms with E-state index in [1.165, 1.54) is 30.8 Å². The monoisotopic (exact) mass is 256 g/mol. The lowest BCUT2D eigenvalue weighted by atomic mass is 10.6. The lowest BCUT2D eigenvalue weighted by Gasteiger charge is -2.13. The molecule has 80 valence electrons. The SMILES string of the molecule is CCC(SCCCS)SCCCS. The molecular weight excluding hydrogens is 236 g/mol. The molecule has 0 aromatic carbocycles. The van der Waals surface area contributed by atoms with Crippen molar-refractivity contribution in [2.75, 3.05) is 23.0 Å². The highest BCUT2D eigenvalue weighted by Gasteiger charge is 2.05. The maximum atomic E-state index is 4.21. The van der Waals surface area contributed by atoms with Crippen LogP contribution in [0.2, 0.25) is 0 Å². The van der Waals surface area contributed by atoms with Crippen LogP contribution in [-0.2, 0) is 0 Å². The largest absolute Gasteiger partial charge is 0.179 e. The van der Waals surface area contributed by atoms with E-state index in [1.807, 2.05) is 0 Å². The van der Waals surface area contributed by atoms with Crippen molar-refractivity contribution >= 4 is 48.8 Å². The van der Waals surface area contributed by atoms with Crippen LogP contribution in [0.1, 0.15) is 26.2 Å². The van der Waals surface area contributed by atoms with E-state index >= 15 is 0 Å². The number of rotatable bonds is 9. The second kappa shape index (κ2) is 11.5. The van der Waals surface area contributed by atoms with Crippen LogP contribution in [0.25, 0.3) is 0 Å². The first-order chi connectivity index (χ1) is 6.35. The molecule has 0 aliphatic heterocycles. The Kier molecular flexibility index (Phi) is 12.7. The van der Waals surface area contributed by atoms with Gasteiger partial charge in [0.15, 0.2) is 0 Å². The number of thioether (sulfide) groups is 2. The molecule has 0 aliphatic carbocycles. The molecule has 0 saturated carbocycles. The van der Waals surface area contributed by atoms with Crippen molar-refractivity contribution in [2.45, 2.75) is 30.8 Å². The van der Waals surface area contributed by atoms with Gasteiger partial charge in [-0.05, 0) is 42.3 Å². The number of hydrogen-bond donors (Lipinski definition) is 2. The molecule has 0 nitrogen and oxygen atoms in total. The van der Waals surface area contributed by atoms with E-state index in [0.29, 0.717) is 0 Å². The Bertz CT molecular complexity index is 87.6. The molecule has 0 aromatic rings. The molecule has 0 radical (unpaired) electrons. The van der Waals surface area contributed by atoms with E-state index in [2.05, 4.69) is 55.7 Å². The molecule has 0 fully saturated rings. The lowest BCUT2D eigenvalue weighted by Crippen LogP contribution is -1.98. The molecule has 13 heavy (non-hydrogen) atoms. The zero-order valence-electron chi connectivity index (χ0n) is 8.24. The lowest BCUT2D eigenvalue weighted by molar-refractivity contribution is 1.03. The van der Waals surface area contributed by atoms with Crippen molar-refractivity contribution in [2.24, 2.45) is 0 Å². The van der Waals surface area contributed by atoms with Crippen LogP contribution in [0.5, 0.6) is 0 Å². The highest BCUT2D eigenvalue weighted by molar-refractivity contribution is 8.17. The standard InChI is InChI=1S/C9H20S4/c1-2-9(12-7-3-5-10)13-8-4-6-11/h9-11H,2-8H2,1H3. The van der Waals surface area contributed by atoms with Gasteiger partial charge in [0.2, 0.25) is 0 Å². The van der Waals surface area contributed by atoms with Gasteiger partial charge in [-0.3, -0.25) is 0 Å². The summed E-state index contributed by atoms with van der Waals surface area (Å²) in [6, 6.07) is 0. The molecule has 0 bridgehead atoms. The van der Waals surface area contributed by atoms with Gasteiger partial charge in [0, 0.05) is 4.58 Å². The summed E-state index contributed by atoms with van der Waals surface area (Å²) < 4.78 is 0.791. The van der Waals surface area contributed by atoms with Crippen LogP contribution in [0.4, 0.5) is 0 Å². The van der Waals surface area contributed by atoms with Crippen molar-refractivity contribution in [1.29, 1.82) is 0 Å². The van der Waals surface area contributed by atoms with E-state index in [4.69, 9.17) is 0 Å². The van der Waals surface area contributed by atoms with Gasteiger partial charge in [0.05, 0.1) is 0 Å². The zero-order valence-corrected chi connectivity index (χ0v) is 11.7. The minimum Gasteiger partial charge on any atom is -0.179 e. The third-order valence-electron chi connectivity index (χ3n) is 1.55. The molecule has 0 heterocycles. The van der Waals surface area contributed by atoms with E-state index in [0.717, 1.165) is 16.1 Å². The minimum absolute atomic E-state index is 0.791. The van der Waals surface area contributed by atoms with Gasteiger partial charge < -0.3 is 0 Å². The molecule has 0 atom stereocenters. The molecule has 0 saturated heterocycles. The molecule has 0 aliphatic rings. The first-order valence-corrected chi connectivity index (χ1v) is 8.16. The van der Waals surface area contributed by atoms with Gasteiger partial charge in [-0.15, -0.1) is 23.5 Å². The summed E-state index contributed by atoms with van der Waals surface area (Å²) >= 11 is 12.6. The van der Waals surface area contributed by atoms with Crippen LogP contribution >= 0.6 is 48.8 Å². The fourth-order valence-corrected chi connectivity index (χ4v) is 4.17. The fourth-order valence-electron chi connectivity index (χ4n) is 0.842. The summed E-state index contributed by atoms with van der Waals surface area (Å²) in [7, 11) is 0. The first kappa shape index (κ1) is 14.4. The predicted octanol–water partition coefficient (Wildman–Crippen LogP) is 3.83. The molecular formula is C9H20S4. The highest BCUT2D eigenvalue weighted by atomic mass is 32.2. The molecule has 0 amide bonds. The van der Waals surface area contributed by atoms with Crippen molar-refractivity contribution in [3.05, 3.63) is 0 Å². The van der Waals surface area contributed by atoms with Crippen molar-refractivity contribution < 1.29 is 0 Å². The minimum atomic E-state index is 0.791. The van der Waals surface area contributed by atoms with Crippen molar-refractivity contribution in [3.8, 4) is 0 Å². The van der Waals surface area contributed by atoms with Gasteiger partial charge in [0.1, 0.15) is 0 Å². The summed E-state index contributed by atoms with van der Waals surface area (Å²) in [6.45, 7) is 2.27. The maximum Gasteiger partial charge on any atom is 0.0499 e. The second-order valence-corrected chi connectivity index (χ2v) is 6.55. The van der Waals surface area contributed by atoms with E-state index in [1.54, 1.807) is 0 Å². The van der Waals surface area contributed by atoms with E-state index in [9.17, 15) is 0 Å². The Hall–Kier alpha value is 1.40. The van der Waals surface area contributed by atoms with Gasteiger partial charge in [0.25, 0.3) is 0 Å². The quantitative estimate of drug-likeness (QED) is 0.365. The highest BCUT2D eigenvalue weighted by Crippen LogP contribution is 2.27. The first-order valence-electron chi connectivity index (χ1n) is 4.80. The average molecular weight is 257 g/mol. The summed E-state index contributed by atoms with van der Waals surface area (Å²) in [6.07, 6.45) is 3.74. The van der Waals surface area contributed by atoms with Gasteiger partial charge in [-0.2, -0.15) is 25.3 Å². The Morgan fingerprint density at radius 2 is 1.46 bits per heavy atom. The maximum absolute atomic E-state index is 4.21. The molecule has 0 spiro atoms. The van der Waals surface area contributed by atoms with Gasteiger partial charge in [-0.25, -0.2) is 0 Å². The second-order valence-electron chi connectivity index (χ2n) is 2.73. The number of hydrogen-bond acceptors (Lipinski definition) is 4. The third-order valence-corrected chi connectivity index (χ3v) is 5.45. The van der Waals surface area contributed by atoms with Gasteiger partial charge in [-0.1, -0.05) is 6.92 Å². The Labute approximate surface area is 102 Å². The summed E-state index contributed by atoms with van der Waals surface area (Å²) in [5, 5.41) is 0. The van der Waals surface area contributed by atoms with E-state index in [-0.39, 0.29) is 0 Å². The predicted molar refractivity (Wildman–Crippen MR) is 75.9 cm³/mol. The van der Waals surface area contributed by atoms with Gasteiger partial charge >= 0.3 is 0 Å². The smallest absolute Gasteiger partial charge is 0.0499 e. The number of thiol groups is 2. The Morgan fingerprint density at radius 3 is 1.77 bits per heavy atom. The van der Waals surface area contributed by atoms with Crippen LogP contribution in [0.15, 0.2) is 0 Å². The Balaban J connectivity index is 3.28. The van der Waals surface area contributed by atoms with Crippen molar-refractivity contribution in [3.63, 3.8) is 0 Å².